The Morgan fingerprint density at radius 3 is 1.29 bits per heavy atom. The number of carbonyl (C=O) groups excluding carboxylic acids is 2. The van der Waals surface area contributed by atoms with Crippen molar-refractivity contribution in [2.24, 2.45) is 0 Å². The number of aliphatic hydroxyl groups is 9. The molecule has 272 valence electrons. The maximum atomic E-state index is 12.4. The first-order valence-corrected chi connectivity index (χ1v) is 15.4. The number of aliphatic hydroxyl groups excluding tert-OH is 8. The molecule has 0 spiro atoms. The van der Waals surface area contributed by atoms with Gasteiger partial charge in [0.25, 0.3) is 0 Å². The van der Waals surface area contributed by atoms with Crippen LogP contribution < -0.4 is 9.47 Å². The van der Waals surface area contributed by atoms with Gasteiger partial charge in [-0.25, -0.2) is 0 Å². The number of carbonyl (C=O) groups is 2. The zero-order chi connectivity index (χ0) is 35.9. The molecule has 0 aromatic heterocycles. The standard InChI is InChI=1S/C32H42O17/c1-32(43,10-22(35)44-14-16-2-6-18(7-3-16)46-30-28(41)26(39)24(37)20(12-33)48-30)11-23(36)45-15-17-4-8-19(9-5-17)47-31-29(42)27(40)25(38)21(13-34)49-31/h2-9,20-21,24-31,33-34,37-43H,10-15H2,1H3. The van der Waals surface area contributed by atoms with Crippen LogP contribution in [0.1, 0.15) is 30.9 Å². The van der Waals surface area contributed by atoms with E-state index in [4.69, 9.17) is 28.4 Å². The molecule has 0 radical (unpaired) electrons. The Bertz CT molecular complexity index is 1250. The molecule has 2 aromatic rings. The first-order chi connectivity index (χ1) is 23.2. The molecular formula is C32H42O17. The highest BCUT2D eigenvalue weighted by Gasteiger charge is 2.45. The van der Waals surface area contributed by atoms with Crippen molar-refractivity contribution in [1.82, 2.24) is 0 Å². The van der Waals surface area contributed by atoms with E-state index in [1.54, 1.807) is 24.3 Å². The third kappa shape index (κ3) is 10.3. The second kappa shape index (κ2) is 17.0. The molecule has 0 aliphatic carbocycles. The molecule has 0 saturated carbocycles. The summed E-state index contributed by atoms with van der Waals surface area (Å²) < 4.78 is 32.1. The van der Waals surface area contributed by atoms with Crippen LogP contribution in [0.15, 0.2) is 48.5 Å². The largest absolute Gasteiger partial charge is 0.462 e. The van der Waals surface area contributed by atoms with E-state index in [1.807, 2.05) is 0 Å². The minimum Gasteiger partial charge on any atom is -0.462 e. The van der Waals surface area contributed by atoms with E-state index in [0.29, 0.717) is 11.1 Å². The van der Waals surface area contributed by atoms with Crippen LogP contribution in [0.2, 0.25) is 0 Å². The second-order valence-corrected chi connectivity index (χ2v) is 12.1. The van der Waals surface area contributed by atoms with E-state index in [2.05, 4.69) is 0 Å². The summed E-state index contributed by atoms with van der Waals surface area (Å²) in [5.41, 5.74) is -0.697. The van der Waals surface area contributed by atoms with Gasteiger partial charge in [0.15, 0.2) is 0 Å². The predicted octanol–water partition coefficient (Wildman–Crippen LogP) is -2.64. The first kappa shape index (κ1) is 38.3. The maximum absolute atomic E-state index is 12.4. The lowest BCUT2D eigenvalue weighted by molar-refractivity contribution is -0.277. The number of rotatable bonds is 14. The molecule has 17 nitrogen and oxygen atoms in total. The molecule has 10 atom stereocenters. The molecule has 2 aromatic carbocycles. The Morgan fingerprint density at radius 1 is 0.612 bits per heavy atom. The lowest BCUT2D eigenvalue weighted by atomic mass is 9.98. The minimum atomic E-state index is -1.78. The fourth-order valence-corrected chi connectivity index (χ4v) is 5.04. The third-order valence-electron chi connectivity index (χ3n) is 7.90. The number of hydrogen-bond acceptors (Lipinski definition) is 17. The van der Waals surface area contributed by atoms with Gasteiger partial charge >= 0.3 is 11.9 Å². The highest BCUT2D eigenvalue weighted by atomic mass is 16.7. The van der Waals surface area contributed by atoms with Crippen molar-refractivity contribution in [3.05, 3.63) is 59.7 Å². The zero-order valence-electron chi connectivity index (χ0n) is 26.4. The van der Waals surface area contributed by atoms with Crippen molar-refractivity contribution in [1.29, 1.82) is 0 Å². The predicted molar refractivity (Wildman–Crippen MR) is 161 cm³/mol. The van der Waals surface area contributed by atoms with Crippen molar-refractivity contribution >= 4 is 11.9 Å². The van der Waals surface area contributed by atoms with Crippen LogP contribution in [-0.2, 0) is 41.8 Å². The van der Waals surface area contributed by atoms with Gasteiger partial charge in [-0.05, 0) is 42.3 Å². The Labute approximate surface area is 280 Å². The van der Waals surface area contributed by atoms with E-state index in [0.717, 1.165) is 0 Å². The molecule has 2 fully saturated rings. The van der Waals surface area contributed by atoms with Gasteiger partial charge in [-0.1, -0.05) is 24.3 Å². The number of ether oxygens (including phenoxy) is 6. The molecule has 2 heterocycles. The van der Waals surface area contributed by atoms with Crippen molar-refractivity contribution in [2.75, 3.05) is 13.2 Å². The smallest absolute Gasteiger partial charge is 0.309 e. The second-order valence-electron chi connectivity index (χ2n) is 12.1. The van der Waals surface area contributed by atoms with Gasteiger partial charge in [0.2, 0.25) is 12.6 Å². The molecule has 2 aliphatic rings. The van der Waals surface area contributed by atoms with Crippen molar-refractivity contribution < 1.29 is 84.0 Å². The van der Waals surface area contributed by atoms with Gasteiger partial charge in [0, 0.05) is 0 Å². The highest BCUT2D eigenvalue weighted by Crippen LogP contribution is 2.26. The van der Waals surface area contributed by atoms with E-state index in [-0.39, 0.29) is 24.7 Å². The van der Waals surface area contributed by atoms with Gasteiger partial charge in [-0.15, -0.1) is 0 Å². The van der Waals surface area contributed by atoms with Crippen LogP contribution in [-0.4, -0.2) is 138 Å². The van der Waals surface area contributed by atoms with Gasteiger partial charge < -0.3 is 74.4 Å². The fraction of sp³-hybridized carbons (Fsp3) is 0.562. The molecule has 2 saturated heterocycles. The molecule has 0 amide bonds. The van der Waals surface area contributed by atoms with Gasteiger partial charge in [0.05, 0.1) is 31.7 Å². The molecule has 4 rings (SSSR count). The summed E-state index contributed by atoms with van der Waals surface area (Å²) in [5, 5.41) is 89.0. The van der Waals surface area contributed by atoms with Crippen LogP contribution in [0.25, 0.3) is 0 Å². The highest BCUT2D eigenvalue weighted by molar-refractivity contribution is 5.74. The summed E-state index contributed by atoms with van der Waals surface area (Å²) in [6, 6.07) is 12.1. The normalized spacial score (nSPS) is 31.3. The lowest BCUT2D eigenvalue weighted by Crippen LogP contribution is -2.60. The summed E-state index contributed by atoms with van der Waals surface area (Å²) in [6.45, 7) is -0.262. The summed E-state index contributed by atoms with van der Waals surface area (Å²) in [7, 11) is 0. The molecular weight excluding hydrogens is 656 g/mol. The number of benzene rings is 2. The lowest BCUT2D eigenvalue weighted by Gasteiger charge is -2.39. The number of esters is 2. The number of hydrogen-bond donors (Lipinski definition) is 9. The van der Waals surface area contributed by atoms with E-state index < -0.39 is 105 Å². The fourth-order valence-electron chi connectivity index (χ4n) is 5.04. The maximum Gasteiger partial charge on any atom is 0.309 e. The van der Waals surface area contributed by atoms with Crippen LogP contribution in [0.3, 0.4) is 0 Å². The van der Waals surface area contributed by atoms with Crippen molar-refractivity contribution in [3.8, 4) is 11.5 Å². The Morgan fingerprint density at radius 2 is 0.959 bits per heavy atom. The van der Waals surface area contributed by atoms with E-state index in [9.17, 15) is 55.5 Å². The molecule has 0 bridgehead atoms. The quantitative estimate of drug-likeness (QED) is 0.0913. The van der Waals surface area contributed by atoms with Crippen LogP contribution in [0.5, 0.6) is 11.5 Å². The zero-order valence-corrected chi connectivity index (χ0v) is 26.4. The third-order valence-corrected chi connectivity index (χ3v) is 7.90. The SMILES string of the molecule is CC(O)(CC(=O)OCc1ccc(OC2OC(CO)C(O)C(O)C2O)cc1)CC(=O)OCc1ccc(OC2OC(CO)C(O)C(O)C2O)cc1. The summed E-state index contributed by atoms with van der Waals surface area (Å²) >= 11 is 0. The van der Waals surface area contributed by atoms with Gasteiger partial charge in [0.1, 0.15) is 73.5 Å². The molecule has 9 N–H and O–H groups in total. The minimum absolute atomic E-state index is 0.171. The molecule has 49 heavy (non-hydrogen) atoms. The Balaban J connectivity index is 1.17. The van der Waals surface area contributed by atoms with Gasteiger partial charge in [-0.2, -0.15) is 0 Å². The average Bonchev–Trinajstić information content (AvgIpc) is 3.07. The monoisotopic (exact) mass is 698 g/mol. The summed E-state index contributed by atoms with van der Waals surface area (Å²) in [6.07, 6.45) is -15.4. The molecule has 10 unspecified atom stereocenters. The molecule has 17 heteroatoms. The first-order valence-electron chi connectivity index (χ1n) is 15.4. The average molecular weight is 699 g/mol. The topological polar surface area (TPSA) is 272 Å². The van der Waals surface area contributed by atoms with Crippen LogP contribution in [0, 0.1) is 0 Å². The summed E-state index contributed by atoms with van der Waals surface area (Å²) in [4.78, 5) is 24.8. The Hall–Kier alpha value is -3.46. The van der Waals surface area contributed by atoms with Crippen molar-refractivity contribution in [3.63, 3.8) is 0 Å². The van der Waals surface area contributed by atoms with Crippen LogP contribution in [0.4, 0.5) is 0 Å². The van der Waals surface area contributed by atoms with Crippen molar-refractivity contribution in [2.45, 2.75) is 100.0 Å². The van der Waals surface area contributed by atoms with E-state index >= 15 is 0 Å². The van der Waals surface area contributed by atoms with E-state index in [1.165, 1.54) is 31.2 Å². The Kier molecular flexibility index (Phi) is 13.3. The van der Waals surface area contributed by atoms with Crippen LogP contribution >= 0.6 is 0 Å². The molecule has 2 aliphatic heterocycles. The van der Waals surface area contributed by atoms with Gasteiger partial charge in [-0.3, -0.25) is 9.59 Å². The summed E-state index contributed by atoms with van der Waals surface area (Å²) in [5.74, 6) is -1.12.